The molecule has 0 aliphatic heterocycles. The highest BCUT2D eigenvalue weighted by molar-refractivity contribution is 14.0. The van der Waals surface area contributed by atoms with Gasteiger partial charge < -0.3 is 15.2 Å². The Labute approximate surface area is 198 Å². The zero-order valence-electron chi connectivity index (χ0n) is 19.0. The maximum atomic E-state index is 4.83. The van der Waals surface area contributed by atoms with Gasteiger partial charge in [0.15, 0.2) is 11.8 Å². The summed E-state index contributed by atoms with van der Waals surface area (Å²) in [4.78, 5) is 4.83. The summed E-state index contributed by atoms with van der Waals surface area (Å²) in [5, 5.41) is 15.6. The molecule has 7 heteroatoms. The third-order valence-corrected chi connectivity index (χ3v) is 5.73. The van der Waals surface area contributed by atoms with Gasteiger partial charge in [0.25, 0.3) is 0 Å². The van der Waals surface area contributed by atoms with E-state index in [9.17, 15) is 0 Å². The normalized spacial score (nSPS) is 15.9. The van der Waals surface area contributed by atoms with Crippen molar-refractivity contribution < 1.29 is 0 Å². The van der Waals surface area contributed by atoms with E-state index < -0.39 is 0 Å². The predicted molar refractivity (Wildman–Crippen MR) is 134 cm³/mol. The Morgan fingerprint density at radius 2 is 1.80 bits per heavy atom. The molecule has 6 nitrogen and oxygen atoms in total. The summed E-state index contributed by atoms with van der Waals surface area (Å²) in [7, 11) is 1.99. The quantitative estimate of drug-likeness (QED) is 0.314. The topological polar surface area (TPSA) is 67.1 Å². The molecule has 1 atom stereocenters. The van der Waals surface area contributed by atoms with Gasteiger partial charge in [0.05, 0.1) is 6.04 Å². The number of rotatable bonds is 7. The molecule has 2 aromatic rings. The van der Waals surface area contributed by atoms with Crippen LogP contribution in [0, 0.1) is 12.8 Å². The minimum atomic E-state index is 0. The lowest BCUT2D eigenvalue weighted by atomic mass is 10.00. The van der Waals surface area contributed by atoms with E-state index in [2.05, 4.69) is 65.9 Å². The first-order chi connectivity index (χ1) is 13.9. The Balaban J connectivity index is 0.00000320. The Bertz CT molecular complexity index is 806. The fourth-order valence-corrected chi connectivity index (χ4v) is 3.84. The van der Waals surface area contributed by atoms with E-state index in [1.165, 1.54) is 36.8 Å². The first-order valence-electron chi connectivity index (χ1n) is 10.9. The molecule has 0 spiro atoms. The smallest absolute Gasteiger partial charge is 0.192 e. The lowest BCUT2D eigenvalue weighted by Gasteiger charge is -2.22. The van der Waals surface area contributed by atoms with Crippen molar-refractivity contribution in [2.24, 2.45) is 18.0 Å². The van der Waals surface area contributed by atoms with E-state index in [1.54, 1.807) is 0 Å². The number of aryl methyl sites for hydroxylation is 1. The highest BCUT2D eigenvalue weighted by atomic mass is 127. The molecule has 1 aliphatic carbocycles. The van der Waals surface area contributed by atoms with Gasteiger partial charge in [-0.2, -0.15) is 0 Å². The standard InChI is InChI=1S/C23H36N6.HI/c1-16(2)14-19-10-12-20(13-11-19)17(3)25-23(26-21-8-6-7-9-21)24-15-22-28-27-18(4)29(22)5;/h10-13,16-17,21H,6-9,14-15H2,1-5H3,(H2,24,25,26);1H. The number of benzene rings is 1. The maximum Gasteiger partial charge on any atom is 0.192 e. The molecule has 0 amide bonds. The van der Waals surface area contributed by atoms with Crippen molar-refractivity contribution in [3.05, 3.63) is 47.0 Å². The van der Waals surface area contributed by atoms with Crippen LogP contribution < -0.4 is 10.6 Å². The van der Waals surface area contributed by atoms with Crippen LogP contribution in [-0.2, 0) is 20.0 Å². The van der Waals surface area contributed by atoms with E-state index >= 15 is 0 Å². The number of hydrogen-bond donors (Lipinski definition) is 2. The van der Waals surface area contributed by atoms with E-state index in [0.29, 0.717) is 18.5 Å². The first-order valence-corrected chi connectivity index (χ1v) is 10.9. The van der Waals surface area contributed by atoms with Crippen molar-refractivity contribution in [1.29, 1.82) is 0 Å². The fraction of sp³-hybridized carbons (Fsp3) is 0.609. The number of aromatic nitrogens is 3. The maximum absolute atomic E-state index is 4.83. The van der Waals surface area contributed by atoms with Gasteiger partial charge in [-0.1, -0.05) is 51.0 Å². The highest BCUT2D eigenvalue weighted by Crippen LogP contribution is 2.19. The average Bonchev–Trinajstić information content (AvgIpc) is 3.30. The Kier molecular flexibility index (Phi) is 9.58. The third-order valence-electron chi connectivity index (χ3n) is 5.73. The minimum Gasteiger partial charge on any atom is -0.354 e. The lowest BCUT2D eigenvalue weighted by molar-refractivity contribution is 0.592. The molecule has 0 radical (unpaired) electrons. The summed E-state index contributed by atoms with van der Waals surface area (Å²) in [6.07, 6.45) is 6.12. The van der Waals surface area contributed by atoms with Gasteiger partial charge in [0.1, 0.15) is 12.4 Å². The summed E-state index contributed by atoms with van der Waals surface area (Å²) < 4.78 is 1.99. The van der Waals surface area contributed by atoms with Crippen LogP contribution in [0.4, 0.5) is 0 Å². The second-order valence-electron chi connectivity index (χ2n) is 8.72. The molecule has 0 saturated heterocycles. The van der Waals surface area contributed by atoms with E-state index in [4.69, 9.17) is 4.99 Å². The molecule has 1 aromatic heterocycles. The van der Waals surface area contributed by atoms with Crippen LogP contribution >= 0.6 is 24.0 Å². The van der Waals surface area contributed by atoms with Crippen molar-refractivity contribution in [2.75, 3.05) is 0 Å². The van der Waals surface area contributed by atoms with E-state index in [1.807, 2.05) is 18.5 Å². The van der Waals surface area contributed by atoms with Crippen LogP contribution in [0.3, 0.4) is 0 Å². The van der Waals surface area contributed by atoms with Gasteiger partial charge >= 0.3 is 0 Å². The third kappa shape index (κ3) is 6.96. The van der Waals surface area contributed by atoms with Crippen LogP contribution in [0.1, 0.15) is 75.3 Å². The summed E-state index contributed by atoms with van der Waals surface area (Å²) >= 11 is 0. The number of aliphatic imine (C=N–C) groups is 1. The molecule has 2 N–H and O–H groups in total. The van der Waals surface area contributed by atoms with Gasteiger partial charge in [-0.05, 0) is 50.2 Å². The molecule has 1 saturated carbocycles. The van der Waals surface area contributed by atoms with Gasteiger partial charge in [0, 0.05) is 13.1 Å². The SMILES string of the molecule is Cc1nnc(CN=C(NC2CCCC2)NC(C)c2ccc(CC(C)C)cc2)n1C.I. The number of nitrogens with zero attached hydrogens (tertiary/aromatic N) is 4. The van der Waals surface area contributed by atoms with Gasteiger partial charge in [0.2, 0.25) is 0 Å². The summed E-state index contributed by atoms with van der Waals surface area (Å²) in [6, 6.07) is 9.64. The molecule has 166 valence electrons. The second kappa shape index (κ2) is 11.7. The van der Waals surface area contributed by atoms with Crippen molar-refractivity contribution in [2.45, 2.75) is 78.4 Å². The molecule has 3 rings (SSSR count). The van der Waals surface area contributed by atoms with Crippen LogP contribution in [-0.4, -0.2) is 26.8 Å². The van der Waals surface area contributed by atoms with Crippen LogP contribution in [0.15, 0.2) is 29.3 Å². The van der Waals surface area contributed by atoms with Gasteiger partial charge in [-0.25, -0.2) is 4.99 Å². The van der Waals surface area contributed by atoms with Gasteiger partial charge in [-0.3, -0.25) is 0 Å². The summed E-state index contributed by atoms with van der Waals surface area (Å²) in [5.41, 5.74) is 2.67. The molecule has 30 heavy (non-hydrogen) atoms. The van der Waals surface area contributed by atoms with Gasteiger partial charge in [-0.15, -0.1) is 34.2 Å². The summed E-state index contributed by atoms with van der Waals surface area (Å²) in [5.74, 6) is 3.32. The molecule has 1 heterocycles. The zero-order chi connectivity index (χ0) is 20.8. The molecular formula is C23H37IN6. The highest BCUT2D eigenvalue weighted by Gasteiger charge is 2.18. The Morgan fingerprint density at radius 1 is 1.13 bits per heavy atom. The molecule has 1 fully saturated rings. The molecular weight excluding hydrogens is 487 g/mol. The summed E-state index contributed by atoms with van der Waals surface area (Å²) in [6.45, 7) is 9.18. The molecule has 1 aliphatic rings. The Hall–Kier alpha value is -1.64. The number of guanidine groups is 1. The van der Waals surface area contributed by atoms with Crippen LogP contribution in [0.25, 0.3) is 0 Å². The number of hydrogen-bond acceptors (Lipinski definition) is 3. The van der Waals surface area contributed by atoms with E-state index in [0.717, 1.165) is 24.0 Å². The number of nitrogens with one attached hydrogen (secondary N) is 2. The monoisotopic (exact) mass is 524 g/mol. The first kappa shape index (κ1) is 24.6. The minimum absolute atomic E-state index is 0. The largest absolute Gasteiger partial charge is 0.354 e. The lowest BCUT2D eigenvalue weighted by Crippen LogP contribution is -2.43. The Morgan fingerprint density at radius 3 is 2.37 bits per heavy atom. The molecule has 1 unspecified atom stereocenters. The van der Waals surface area contributed by atoms with Crippen molar-refractivity contribution in [3.63, 3.8) is 0 Å². The fourth-order valence-electron chi connectivity index (χ4n) is 3.84. The van der Waals surface area contributed by atoms with Crippen LogP contribution in [0.2, 0.25) is 0 Å². The van der Waals surface area contributed by atoms with Crippen molar-refractivity contribution in [3.8, 4) is 0 Å². The number of halogens is 1. The zero-order valence-corrected chi connectivity index (χ0v) is 21.3. The molecule has 1 aromatic carbocycles. The molecule has 0 bridgehead atoms. The van der Waals surface area contributed by atoms with Crippen molar-refractivity contribution >= 4 is 29.9 Å². The van der Waals surface area contributed by atoms with Crippen LogP contribution in [0.5, 0.6) is 0 Å². The average molecular weight is 524 g/mol. The predicted octanol–water partition coefficient (Wildman–Crippen LogP) is 4.68. The second-order valence-corrected chi connectivity index (χ2v) is 8.72. The van der Waals surface area contributed by atoms with Crippen molar-refractivity contribution in [1.82, 2.24) is 25.4 Å². The van der Waals surface area contributed by atoms with E-state index in [-0.39, 0.29) is 30.0 Å².